The van der Waals surface area contributed by atoms with E-state index in [-0.39, 0.29) is 0 Å². The van der Waals surface area contributed by atoms with Gasteiger partial charge in [0, 0.05) is 9.80 Å². The number of rotatable bonds is 4. The standard InChI is InChI=1S/C17H18Br2O/c1-11(2)15-7-4-12(3)8-17(15)20-14-6-5-13(10-18)16(19)9-14/h4-9,11H,10H2,1-3H3. The maximum absolute atomic E-state index is 6.09. The average molecular weight is 398 g/mol. The van der Waals surface area contributed by atoms with E-state index in [1.165, 1.54) is 16.7 Å². The summed E-state index contributed by atoms with van der Waals surface area (Å²) in [5, 5.41) is 0.829. The Hall–Kier alpha value is -0.800. The summed E-state index contributed by atoms with van der Waals surface area (Å²) in [7, 11) is 0. The zero-order valence-corrected chi connectivity index (χ0v) is 15.1. The molecule has 0 unspecified atom stereocenters. The van der Waals surface area contributed by atoms with Crippen LogP contribution in [-0.2, 0) is 5.33 Å². The minimum absolute atomic E-state index is 0.441. The second kappa shape index (κ2) is 6.77. The Morgan fingerprint density at radius 1 is 1.10 bits per heavy atom. The highest BCUT2D eigenvalue weighted by Gasteiger charge is 2.10. The molecular weight excluding hydrogens is 380 g/mol. The van der Waals surface area contributed by atoms with Crippen LogP contribution in [0.25, 0.3) is 0 Å². The number of alkyl halides is 1. The summed E-state index contributed by atoms with van der Waals surface area (Å²) in [4.78, 5) is 0. The maximum Gasteiger partial charge on any atom is 0.131 e. The third-order valence-corrected chi connectivity index (χ3v) is 4.53. The van der Waals surface area contributed by atoms with Crippen molar-refractivity contribution in [1.29, 1.82) is 0 Å². The van der Waals surface area contributed by atoms with E-state index in [2.05, 4.69) is 76.9 Å². The van der Waals surface area contributed by atoms with Gasteiger partial charge in [0.15, 0.2) is 0 Å². The Morgan fingerprint density at radius 3 is 2.45 bits per heavy atom. The molecular formula is C17H18Br2O. The first-order valence-electron chi connectivity index (χ1n) is 6.64. The van der Waals surface area contributed by atoms with Crippen molar-refractivity contribution in [2.45, 2.75) is 32.0 Å². The summed E-state index contributed by atoms with van der Waals surface area (Å²) >= 11 is 7.04. The Bertz CT molecular complexity index is 606. The van der Waals surface area contributed by atoms with E-state index in [1.807, 2.05) is 12.1 Å². The van der Waals surface area contributed by atoms with Crippen molar-refractivity contribution in [2.24, 2.45) is 0 Å². The summed E-state index contributed by atoms with van der Waals surface area (Å²) < 4.78 is 7.15. The predicted octanol–water partition coefficient (Wildman–Crippen LogP) is 6.57. The number of ether oxygens (including phenoxy) is 1. The summed E-state index contributed by atoms with van der Waals surface area (Å²) in [6, 6.07) is 12.5. The topological polar surface area (TPSA) is 9.23 Å². The van der Waals surface area contributed by atoms with Gasteiger partial charge >= 0.3 is 0 Å². The van der Waals surface area contributed by atoms with Gasteiger partial charge in [0.05, 0.1) is 0 Å². The van der Waals surface area contributed by atoms with E-state index in [0.717, 1.165) is 21.3 Å². The highest BCUT2D eigenvalue weighted by Crippen LogP contribution is 2.33. The van der Waals surface area contributed by atoms with Crippen LogP contribution in [0.15, 0.2) is 40.9 Å². The minimum Gasteiger partial charge on any atom is -0.457 e. The van der Waals surface area contributed by atoms with Crippen molar-refractivity contribution in [3.8, 4) is 11.5 Å². The van der Waals surface area contributed by atoms with Gasteiger partial charge in [-0.2, -0.15) is 0 Å². The van der Waals surface area contributed by atoms with Crippen molar-refractivity contribution < 1.29 is 4.74 Å². The molecule has 0 radical (unpaired) electrons. The SMILES string of the molecule is Cc1ccc(C(C)C)c(Oc2ccc(CBr)c(Br)c2)c1. The first-order chi connectivity index (χ1) is 9.51. The van der Waals surface area contributed by atoms with E-state index in [0.29, 0.717) is 5.92 Å². The van der Waals surface area contributed by atoms with Crippen LogP contribution in [0.4, 0.5) is 0 Å². The fourth-order valence-corrected chi connectivity index (χ4v) is 3.40. The van der Waals surface area contributed by atoms with Crippen molar-refractivity contribution in [2.75, 3.05) is 0 Å². The molecule has 20 heavy (non-hydrogen) atoms. The molecule has 0 atom stereocenters. The second-order valence-electron chi connectivity index (χ2n) is 5.18. The summed E-state index contributed by atoms with van der Waals surface area (Å²) in [6.45, 7) is 6.45. The third kappa shape index (κ3) is 3.64. The zero-order valence-electron chi connectivity index (χ0n) is 11.9. The van der Waals surface area contributed by atoms with E-state index < -0.39 is 0 Å². The van der Waals surface area contributed by atoms with Gasteiger partial charge in [-0.3, -0.25) is 0 Å². The Balaban J connectivity index is 2.34. The molecule has 0 saturated carbocycles. The lowest BCUT2D eigenvalue weighted by Crippen LogP contribution is -1.95. The molecule has 2 rings (SSSR count). The van der Waals surface area contributed by atoms with E-state index >= 15 is 0 Å². The molecule has 2 aromatic rings. The van der Waals surface area contributed by atoms with Crippen LogP contribution in [0.2, 0.25) is 0 Å². The van der Waals surface area contributed by atoms with Gasteiger partial charge in [0.1, 0.15) is 11.5 Å². The molecule has 0 heterocycles. The van der Waals surface area contributed by atoms with E-state index in [1.54, 1.807) is 0 Å². The van der Waals surface area contributed by atoms with Crippen LogP contribution in [-0.4, -0.2) is 0 Å². The average Bonchev–Trinajstić information content (AvgIpc) is 2.38. The van der Waals surface area contributed by atoms with Crippen LogP contribution in [0.1, 0.15) is 36.5 Å². The number of hydrogen-bond donors (Lipinski definition) is 0. The van der Waals surface area contributed by atoms with Gasteiger partial charge in [-0.05, 0) is 47.7 Å². The predicted molar refractivity (Wildman–Crippen MR) is 92.1 cm³/mol. The zero-order chi connectivity index (χ0) is 14.7. The summed E-state index contributed by atoms with van der Waals surface area (Å²) in [5.41, 5.74) is 3.66. The molecule has 0 N–H and O–H groups in total. The normalized spacial score (nSPS) is 10.9. The summed E-state index contributed by atoms with van der Waals surface area (Å²) in [6.07, 6.45) is 0. The molecule has 106 valence electrons. The molecule has 0 bridgehead atoms. The van der Waals surface area contributed by atoms with Crippen LogP contribution >= 0.6 is 31.9 Å². The number of halogens is 2. The first kappa shape index (κ1) is 15.6. The smallest absolute Gasteiger partial charge is 0.131 e. The van der Waals surface area contributed by atoms with Crippen molar-refractivity contribution in [3.05, 3.63) is 57.6 Å². The minimum atomic E-state index is 0.441. The molecule has 2 aromatic carbocycles. The van der Waals surface area contributed by atoms with Gasteiger partial charge in [0.25, 0.3) is 0 Å². The molecule has 3 heteroatoms. The molecule has 0 aliphatic heterocycles. The van der Waals surface area contributed by atoms with Crippen molar-refractivity contribution in [1.82, 2.24) is 0 Å². The molecule has 0 aliphatic carbocycles. The lowest BCUT2D eigenvalue weighted by atomic mass is 10.0. The Labute approximate surface area is 137 Å². The van der Waals surface area contributed by atoms with Crippen molar-refractivity contribution in [3.63, 3.8) is 0 Å². The maximum atomic E-state index is 6.09. The van der Waals surface area contributed by atoms with Gasteiger partial charge < -0.3 is 4.74 Å². The Morgan fingerprint density at radius 2 is 1.85 bits per heavy atom. The highest BCUT2D eigenvalue weighted by molar-refractivity contribution is 9.10. The van der Waals surface area contributed by atoms with E-state index in [9.17, 15) is 0 Å². The quantitative estimate of drug-likeness (QED) is 0.530. The number of aryl methyl sites for hydroxylation is 1. The number of benzene rings is 2. The van der Waals surface area contributed by atoms with Crippen LogP contribution < -0.4 is 4.74 Å². The fourth-order valence-electron chi connectivity index (χ4n) is 2.03. The van der Waals surface area contributed by atoms with Gasteiger partial charge in [-0.25, -0.2) is 0 Å². The molecule has 1 nitrogen and oxygen atoms in total. The molecule has 0 saturated heterocycles. The highest BCUT2D eigenvalue weighted by atomic mass is 79.9. The molecule has 0 aromatic heterocycles. The van der Waals surface area contributed by atoms with Gasteiger partial charge in [-0.1, -0.05) is 63.9 Å². The monoisotopic (exact) mass is 396 g/mol. The summed E-state index contributed by atoms with van der Waals surface area (Å²) in [5.74, 6) is 2.24. The molecule has 0 amide bonds. The molecule has 0 aliphatic rings. The van der Waals surface area contributed by atoms with Gasteiger partial charge in [-0.15, -0.1) is 0 Å². The largest absolute Gasteiger partial charge is 0.457 e. The van der Waals surface area contributed by atoms with Gasteiger partial charge in [0.2, 0.25) is 0 Å². The van der Waals surface area contributed by atoms with E-state index in [4.69, 9.17) is 4.74 Å². The molecule has 0 spiro atoms. The number of hydrogen-bond acceptors (Lipinski definition) is 1. The van der Waals surface area contributed by atoms with Crippen molar-refractivity contribution >= 4 is 31.9 Å². The lowest BCUT2D eigenvalue weighted by molar-refractivity contribution is 0.472. The first-order valence-corrected chi connectivity index (χ1v) is 8.55. The second-order valence-corrected chi connectivity index (χ2v) is 6.60. The van der Waals surface area contributed by atoms with Crippen LogP contribution in [0, 0.1) is 6.92 Å². The third-order valence-electron chi connectivity index (χ3n) is 3.19. The fraction of sp³-hybridized carbons (Fsp3) is 0.294. The Kier molecular flexibility index (Phi) is 5.28. The van der Waals surface area contributed by atoms with Crippen LogP contribution in [0.5, 0.6) is 11.5 Å². The lowest BCUT2D eigenvalue weighted by Gasteiger charge is -2.15. The van der Waals surface area contributed by atoms with Crippen LogP contribution in [0.3, 0.4) is 0 Å². The molecule has 0 fully saturated rings.